The molecule has 0 radical (unpaired) electrons. The van der Waals surface area contributed by atoms with Gasteiger partial charge in [0.1, 0.15) is 11.6 Å². The molecule has 3 aromatic rings. The quantitative estimate of drug-likeness (QED) is 0.696. The first-order valence-electron chi connectivity index (χ1n) is 8.98. The van der Waals surface area contributed by atoms with E-state index in [1.807, 2.05) is 12.1 Å². The van der Waals surface area contributed by atoms with Crippen LogP contribution in [0.15, 0.2) is 53.5 Å². The van der Waals surface area contributed by atoms with Gasteiger partial charge in [0.15, 0.2) is 0 Å². The van der Waals surface area contributed by atoms with E-state index in [2.05, 4.69) is 4.98 Å². The van der Waals surface area contributed by atoms with E-state index in [0.717, 1.165) is 5.39 Å². The minimum atomic E-state index is -0.675. The molecule has 27 heavy (non-hydrogen) atoms. The summed E-state index contributed by atoms with van der Waals surface area (Å²) in [6, 6.07) is 11.9. The predicted molar refractivity (Wildman–Crippen MR) is 105 cm³/mol. The highest BCUT2D eigenvalue weighted by Gasteiger charge is 2.36. The summed E-state index contributed by atoms with van der Waals surface area (Å²) in [5.74, 6) is 0.289. The predicted octanol–water partition coefficient (Wildman–Crippen LogP) is 4.50. The number of pyridine rings is 1. The van der Waals surface area contributed by atoms with Crippen LogP contribution >= 0.6 is 11.6 Å². The van der Waals surface area contributed by atoms with Crippen LogP contribution in [0.2, 0.25) is 5.02 Å². The molecule has 0 amide bonds. The van der Waals surface area contributed by atoms with Gasteiger partial charge in [-0.2, -0.15) is 0 Å². The Hall–Kier alpha value is -2.37. The number of hydrogen-bond acceptors (Lipinski definition) is 3. The molecule has 1 aromatic heterocycles. The van der Waals surface area contributed by atoms with Crippen LogP contribution in [0.25, 0.3) is 10.8 Å². The van der Waals surface area contributed by atoms with Crippen LogP contribution in [-0.2, 0) is 5.54 Å². The number of nitrogens with two attached hydrogens (primary N) is 1. The van der Waals surface area contributed by atoms with E-state index < -0.39 is 5.54 Å². The SMILES string of the molecule is NC1(c2ccccc2F)CCC(Oc2cc3cc[nH]c(=O)c3cc2Cl)CC1. The summed E-state index contributed by atoms with van der Waals surface area (Å²) in [5, 5.41) is 1.70. The van der Waals surface area contributed by atoms with E-state index in [4.69, 9.17) is 22.1 Å². The number of rotatable bonds is 3. The Morgan fingerprint density at radius 2 is 1.93 bits per heavy atom. The molecule has 0 aliphatic heterocycles. The van der Waals surface area contributed by atoms with Crippen molar-refractivity contribution in [1.29, 1.82) is 0 Å². The largest absolute Gasteiger partial charge is 0.489 e. The zero-order valence-corrected chi connectivity index (χ0v) is 15.4. The number of fused-ring (bicyclic) bond motifs is 1. The number of benzene rings is 2. The van der Waals surface area contributed by atoms with Crippen LogP contribution in [-0.4, -0.2) is 11.1 Å². The zero-order valence-electron chi connectivity index (χ0n) is 14.7. The Labute approximate surface area is 161 Å². The monoisotopic (exact) mass is 386 g/mol. The third kappa shape index (κ3) is 3.45. The standard InChI is InChI=1S/C21H20ClFN2O2/c22-17-12-15-13(7-10-25-20(15)26)11-19(17)27-14-5-8-21(24,9-6-14)16-3-1-2-4-18(16)23/h1-4,7,10-12,14H,5-6,8-9,24H2,(H,25,26). The van der Waals surface area contributed by atoms with Crippen molar-refractivity contribution in [2.75, 3.05) is 0 Å². The Kier molecular flexibility index (Phi) is 4.66. The van der Waals surface area contributed by atoms with Crippen LogP contribution < -0.4 is 16.0 Å². The van der Waals surface area contributed by atoms with Crippen LogP contribution in [0.5, 0.6) is 5.75 Å². The first kappa shape index (κ1) is 18.0. The van der Waals surface area contributed by atoms with Gasteiger partial charge in [0.05, 0.1) is 11.1 Å². The molecule has 2 aromatic carbocycles. The van der Waals surface area contributed by atoms with Crippen molar-refractivity contribution in [3.05, 3.63) is 75.4 Å². The Bertz CT molecular complexity index is 1040. The van der Waals surface area contributed by atoms with Gasteiger partial charge >= 0.3 is 0 Å². The average Bonchev–Trinajstić information content (AvgIpc) is 2.65. The van der Waals surface area contributed by atoms with E-state index >= 15 is 0 Å². The van der Waals surface area contributed by atoms with Crippen LogP contribution in [0.1, 0.15) is 31.2 Å². The number of aromatic amines is 1. The lowest BCUT2D eigenvalue weighted by molar-refractivity contribution is 0.117. The third-order valence-electron chi connectivity index (χ3n) is 5.35. The smallest absolute Gasteiger partial charge is 0.255 e. The highest BCUT2D eigenvalue weighted by Crippen LogP contribution is 2.38. The van der Waals surface area contributed by atoms with Gasteiger partial charge in [-0.05, 0) is 55.3 Å². The van der Waals surface area contributed by atoms with Crippen molar-refractivity contribution >= 4 is 22.4 Å². The summed E-state index contributed by atoms with van der Waals surface area (Å²) in [4.78, 5) is 14.5. The number of hydrogen-bond donors (Lipinski definition) is 2. The summed E-state index contributed by atoms with van der Waals surface area (Å²) in [6.45, 7) is 0. The summed E-state index contributed by atoms with van der Waals surface area (Å²) in [7, 11) is 0. The van der Waals surface area contributed by atoms with Gasteiger partial charge in [-0.15, -0.1) is 0 Å². The summed E-state index contributed by atoms with van der Waals surface area (Å²) < 4.78 is 20.2. The molecule has 4 nitrogen and oxygen atoms in total. The second-order valence-electron chi connectivity index (χ2n) is 7.13. The highest BCUT2D eigenvalue weighted by molar-refractivity contribution is 6.32. The van der Waals surface area contributed by atoms with Crippen molar-refractivity contribution in [3.63, 3.8) is 0 Å². The van der Waals surface area contributed by atoms with Gasteiger partial charge < -0.3 is 15.5 Å². The number of aromatic nitrogens is 1. The van der Waals surface area contributed by atoms with Gasteiger partial charge in [0.2, 0.25) is 0 Å². The molecule has 0 bridgehead atoms. The number of halogens is 2. The van der Waals surface area contributed by atoms with Gasteiger partial charge in [-0.25, -0.2) is 4.39 Å². The number of nitrogens with one attached hydrogen (secondary N) is 1. The third-order valence-corrected chi connectivity index (χ3v) is 5.65. The van der Waals surface area contributed by atoms with Crippen LogP contribution in [0, 0.1) is 5.82 Å². The maximum atomic E-state index is 14.1. The molecule has 140 valence electrons. The molecule has 0 spiro atoms. The van der Waals surface area contributed by atoms with E-state index in [-0.39, 0.29) is 17.5 Å². The van der Waals surface area contributed by atoms with Crippen molar-refractivity contribution in [1.82, 2.24) is 4.98 Å². The molecule has 0 unspecified atom stereocenters. The summed E-state index contributed by atoms with van der Waals surface area (Å²) >= 11 is 6.32. The normalized spacial score (nSPS) is 22.7. The van der Waals surface area contributed by atoms with Gasteiger partial charge in [0.25, 0.3) is 5.56 Å². The minimum absolute atomic E-state index is 0.0506. The molecule has 0 saturated heterocycles. The lowest BCUT2D eigenvalue weighted by Gasteiger charge is -2.37. The Morgan fingerprint density at radius 3 is 2.67 bits per heavy atom. The fourth-order valence-electron chi connectivity index (χ4n) is 3.82. The fraction of sp³-hybridized carbons (Fsp3) is 0.286. The second kappa shape index (κ2) is 6.98. The molecule has 4 rings (SSSR count). The maximum Gasteiger partial charge on any atom is 0.255 e. The zero-order chi connectivity index (χ0) is 19.0. The Balaban J connectivity index is 1.51. The lowest BCUT2D eigenvalue weighted by Crippen LogP contribution is -2.43. The van der Waals surface area contributed by atoms with E-state index in [0.29, 0.717) is 47.4 Å². The first-order chi connectivity index (χ1) is 13.0. The van der Waals surface area contributed by atoms with Gasteiger partial charge in [-0.1, -0.05) is 29.8 Å². The van der Waals surface area contributed by atoms with Gasteiger partial charge in [0, 0.05) is 22.7 Å². The topological polar surface area (TPSA) is 68.1 Å². The first-order valence-corrected chi connectivity index (χ1v) is 9.35. The van der Waals surface area contributed by atoms with Crippen molar-refractivity contribution in [3.8, 4) is 5.75 Å². The number of H-pyrrole nitrogens is 1. The maximum absolute atomic E-state index is 14.1. The van der Waals surface area contributed by atoms with E-state index in [1.54, 1.807) is 30.5 Å². The minimum Gasteiger partial charge on any atom is -0.489 e. The van der Waals surface area contributed by atoms with Crippen molar-refractivity contribution < 1.29 is 9.13 Å². The van der Waals surface area contributed by atoms with Crippen LogP contribution in [0.4, 0.5) is 4.39 Å². The van der Waals surface area contributed by atoms with E-state index in [1.165, 1.54) is 6.07 Å². The molecule has 1 heterocycles. The molecular formula is C21H20ClFN2O2. The molecule has 1 aliphatic carbocycles. The summed E-state index contributed by atoms with van der Waals surface area (Å²) in [6.07, 6.45) is 4.21. The molecular weight excluding hydrogens is 367 g/mol. The molecule has 6 heteroatoms. The number of ether oxygens (including phenoxy) is 1. The highest BCUT2D eigenvalue weighted by atomic mass is 35.5. The second-order valence-corrected chi connectivity index (χ2v) is 7.54. The average molecular weight is 387 g/mol. The molecule has 1 aliphatic rings. The molecule has 3 N–H and O–H groups in total. The molecule has 1 saturated carbocycles. The molecule has 0 atom stereocenters. The van der Waals surface area contributed by atoms with Gasteiger partial charge in [-0.3, -0.25) is 4.79 Å². The summed E-state index contributed by atoms with van der Waals surface area (Å²) in [5.41, 5.74) is 6.20. The van der Waals surface area contributed by atoms with Crippen LogP contribution in [0.3, 0.4) is 0 Å². The van der Waals surface area contributed by atoms with Crippen molar-refractivity contribution in [2.45, 2.75) is 37.3 Å². The van der Waals surface area contributed by atoms with Crippen molar-refractivity contribution in [2.24, 2.45) is 5.73 Å². The molecule has 1 fully saturated rings. The van der Waals surface area contributed by atoms with E-state index in [9.17, 15) is 9.18 Å². The Morgan fingerprint density at radius 1 is 1.19 bits per heavy atom. The lowest BCUT2D eigenvalue weighted by atomic mass is 9.76. The fourth-order valence-corrected chi connectivity index (χ4v) is 4.03.